The van der Waals surface area contributed by atoms with E-state index >= 15 is 0 Å². The minimum atomic E-state index is -1.07. The van der Waals surface area contributed by atoms with Crippen molar-refractivity contribution in [2.24, 2.45) is 11.3 Å². The Morgan fingerprint density at radius 1 is 1.29 bits per heavy atom. The van der Waals surface area contributed by atoms with Gasteiger partial charge in [-0.05, 0) is 19.8 Å². The summed E-state index contributed by atoms with van der Waals surface area (Å²) in [6.45, 7) is 6.74. The molecule has 2 unspecified atom stereocenters. The molecular weight excluding hydrogens is 222 g/mol. The van der Waals surface area contributed by atoms with Crippen LogP contribution in [0.2, 0.25) is 0 Å². The number of carbonyl (C=O) groups excluding carboxylic acids is 1. The van der Waals surface area contributed by atoms with E-state index in [4.69, 9.17) is 5.11 Å². The zero-order valence-corrected chi connectivity index (χ0v) is 11.2. The fraction of sp³-hybridized carbons (Fsp3) is 0.833. The highest BCUT2D eigenvalue weighted by Crippen LogP contribution is 2.32. The van der Waals surface area contributed by atoms with Crippen molar-refractivity contribution in [3.8, 4) is 0 Å². The summed E-state index contributed by atoms with van der Waals surface area (Å²) < 4.78 is 0. The number of hydrogen-bond donors (Lipinski definition) is 2. The summed E-state index contributed by atoms with van der Waals surface area (Å²) in [6, 6.07) is -0.298. The van der Waals surface area contributed by atoms with E-state index in [1.807, 2.05) is 0 Å². The predicted molar refractivity (Wildman–Crippen MR) is 64.5 cm³/mol. The number of rotatable bonds is 6. The van der Waals surface area contributed by atoms with Gasteiger partial charge in [-0.1, -0.05) is 13.8 Å². The Hall–Kier alpha value is -1.10. The zero-order chi connectivity index (χ0) is 13.8. The molecule has 100 valence electrons. The van der Waals surface area contributed by atoms with Crippen LogP contribution in [0, 0.1) is 11.3 Å². The van der Waals surface area contributed by atoms with Gasteiger partial charge in [0.25, 0.3) is 0 Å². The molecule has 2 atom stereocenters. The standard InChI is InChI=1S/C12H23NO4/c1-8(2)12(4,11(16)17)6-10(15)13(5)9(3)7-14/h8-9,14H,6-7H2,1-5H3,(H,16,17). The van der Waals surface area contributed by atoms with Crippen LogP contribution >= 0.6 is 0 Å². The average molecular weight is 245 g/mol. The summed E-state index contributed by atoms with van der Waals surface area (Å²) in [4.78, 5) is 24.6. The Morgan fingerprint density at radius 2 is 1.76 bits per heavy atom. The van der Waals surface area contributed by atoms with Crippen molar-refractivity contribution in [3.05, 3.63) is 0 Å². The first-order valence-electron chi connectivity index (χ1n) is 5.76. The van der Waals surface area contributed by atoms with E-state index in [1.54, 1.807) is 34.7 Å². The Kier molecular flexibility index (Phi) is 5.61. The van der Waals surface area contributed by atoms with Gasteiger partial charge in [0, 0.05) is 13.5 Å². The second kappa shape index (κ2) is 6.00. The number of likely N-dealkylation sites (N-methyl/N-ethyl adjacent to an activating group) is 1. The lowest BCUT2D eigenvalue weighted by molar-refractivity contribution is -0.155. The number of carboxylic acid groups (broad SMARTS) is 1. The van der Waals surface area contributed by atoms with Gasteiger partial charge in [0.05, 0.1) is 18.1 Å². The van der Waals surface area contributed by atoms with E-state index in [9.17, 15) is 14.7 Å². The smallest absolute Gasteiger partial charge is 0.310 e. The Labute approximate surface area is 102 Å². The van der Waals surface area contributed by atoms with Gasteiger partial charge in [-0.25, -0.2) is 0 Å². The van der Waals surface area contributed by atoms with Crippen LogP contribution in [0.4, 0.5) is 0 Å². The molecule has 0 saturated heterocycles. The Bertz CT molecular complexity index is 290. The van der Waals surface area contributed by atoms with Crippen molar-refractivity contribution in [3.63, 3.8) is 0 Å². The monoisotopic (exact) mass is 245 g/mol. The fourth-order valence-electron chi connectivity index (χ4n) is 1.33. The Morgan fingerprint density at radius 3 is 2.06 bits per heavy atom. The van der Waals surface area contributed by atoms with Gasteiger partial charge in [-0.2, -0.15) is 0 Å². The normalized spacial score (nSPS) is 16.4. The minimum Gasteiger partial charge on any atom is -0.481 e. The molecule has 0 aliphatic carbocycles. The van der Waals surface area contributed by atoms with Crippen LogP contribution in [-0.4, -0.2) is 46.7 Å². The highest BCUT2D eigenvalue weighted by Gasteiger charge is 2.39. The third-order valence-corrected chi connectivity index (χ3v) is 3.60. The van der Waals surface area contributed by atoms with Crippen molar-refractivity contribution in [1.29, 1.82) is 0 Å². The Balaban J connectivity index is 4.80. The maximum atomic E-state index is 11.9. The number of nitrogens with zero attached hydrogens (tertiary/aromatic N) is 1. The molecule has 5 heteroatoms. The van der Waals surface area contributed by atoms with E-state index in [1.165, 1.54) is 4.90 Å². The number of carboxylic acids is 1. The van der Waals surface area contributed by atoms with E-state index in [0.717, 1.165) is 0 Å². The molecule has 17 heavy (non-hydrogen) atoms. The SMILES string of the molecule is CC(CO)N(C)C(=O)CC(C)(C(=O)O)C(C)C. The number of aliphatic hydroxyl groups excluding tert-OH is 1. The molecule has 0 heterocycles. The first kappa shape index (κ1) is 15.9. The summed E-state index contributed by atoms with van der Waals surface area (Å²) in [5, 5.41) is 18.2. The second-order valence-electron chi connectivity index (χ2n) is 5.09. The van der Waals surface area contributed by atoms with Crippen molar-refractivity contribution in [2.45, 2.75) is 40.2 Å². The molecular formula is C12H23NO4. The quantitative estimate of drug-likeness (QED) is 0.730. The summed E-state index contributed by atoms with van der Waals surface area (Å²) in [6.07, 6.45) is -0.0547. The second-order valence-corrected chi connectivity index (χ2v) is 5.09. The lowest BCUT2D eigenvalue weighted by Gasteiger charge is -2.32. The van der Waals surface area contributed by atoms with Gasteiger partial charge in [-0.15, -0.1) is 0 Å². The number of hydrogen-bond acceptors (Lipinski definition) is 3. The van der Waals surface area contributed by atoms with E-state index < -0.39 is 11.4 Å². The maximum absolute atomic E-state index is 11.9. The van der Waals surface area contributed by atoms with Gasteiger partial charge in [0.1, 0.15) is 0 Å². The summed E-state index contributed by atoms with van der Waals surface area (Å²) in [5.41, 5.74) is -1.07. The molecule has 0 aliphatic heterocycles. The predicted octanol–water partition coefficient (Wildman–Crippen LogP) is 0.963. The molecule has 0 aromatic carbocycles. The van der Waals surface area contributed by atoms with Crippen LogP contribution in [0.5, 0.6) is 0 Å². The highest BCUT2D eigenvalue weighted by atomic mass is 16.4. The largest absolute Gasteiger partial charge is 0.481 e. The van der Waals surface area contributed by atoms with Gasteiger partial charge in [0.2, 0.25) is 5.91 Å². The number of aliphatic carboxylic acids is 1. The number of amides is 1. The lowest BCUT2D eigenvalue weighted by atomic mass is 9.76. The molecule has 1 amide bonds. The molecule has 0 rings (SSSR count). The molecule has 0 aliphatic rings. The number of aliphatic hydroxyl groups is 1. The maximum Gasteiger partial charge on any atom is 0.310 e. The van der Waals surface area contributed by atoms with E-state index in [-0.39, 0.29) is 30.9 Å². The minimum absolute atomic E-state index is 0.0547. The first-order valence-corrected chi connectivity index (χ1v) is 5.76. The molecule has 5 nitrogen and oxygen atoms in total. The number of carbonyl (C=O) groups is 2. The molecule has 2 N–H and O–H groups in total. The zero-order valence-electron chi connectivity index (χ0n) is 11.2. The van der Waals surface area contributed by atoms with Crippen LogP contribution in [-0.2, 0) is 9.59 Å². The first-order chi connectivity index (χ1) is 7.66. The van der Waals surface area contributed by atoms with Crippen LogP contribution in [0.3, 0.4) is 0 Å². The summed E-state index contributed by atoms with van der Waals surface area (Å²) in [7, 11) is 1.58. The van der Waals surface area contributed by atoms with Gasteiger partial charge in [-0.3, -0.25) is 9.59 Å². The molecule has 0 radical (unpaired) electrons. The fourth-order valence-corrected chi connectivity index (χ4v) is 1.33. The third-order valence-electron chi connectivity index (χ3n) is 3.60. The molecule has 0 aromatic rings. The van der Waals surface area contributed by atoms with Crippen LogP contribution in [0.25, 0.3) is 0 Å². The van der Waals surface area contributed by atoms with Crippen molar-refractivity contribution in [1.82, 2.24) is 4.90 Å². The topological polar surface area (TPSA) is 77.8 Å². The van der Waals surface area contributed by atoms with Gasteiger partial charge in [0.15, 0.2) is 0 Å². The van der Waals surface area contributed by atoms with Crippen LogP contribution < -0.4 is 0 Å². The van der Waals surface area contributed by atoms with Gasteiger partial charge >= 0.3 is 5.97 Å². The summed E-state index contributed by atoms with van der Waals surface area (Å²) >= 11 is 0. The van der Waals surface area contributed by atoms with Gasteiger partial charge < -0.3 is 15.1 Å². The molecule has 0 saturated carbocycles. The van der Waals surface area contributed by atoms with Crippen molar-refractivity contribution in [2.75, 3.05) is 13.7 Å². The van der Waals surface area contributed by atoms with Crippen LogP contribution in [0.15, 0.2) is 0 Å². The highest BCUT2D eigenvalue weighted by molar-refractivity contribution is 5.85. The lowest BCUT2D eigenvalue weighted by Crippen LogP contribution is -2.43. The third kappa shape index (κ3) is 3.70. The average Bonchev–Trinajstić information content (AvgIpc) is 2.25. The molecule has 0 aromatic heterocycles. The van der Waals surface area contributed by atoms with E-state index in [2.05, 4.69) is 0 Å². The van der Waals surface area contributed by atoms with Crippen LogP contribution in [0.1, 0.15) is 34.1 Å². The van der Waals surface area contributed by atoms with Crippen molar-refractivity contribution < 1.29 is 19.8 Å². The van der Waals surface area contributed by atoms with Crippen molar-refractivity contribution >= 4 is 11.9 Å². The molecule has 0 spiro atoms. The molecule has 0 bridgehead atoms. The molecule has 0 fully saturated rings. The van der Waals surface area contributed by atoms with E-state index in [0.29, 0.717) is 0 Å². The summed E-state index contributed by atoms with van der Waals surface area (Å²) in [5.74, 6) is -1.36.